The molecule has 3 heteroatoms. The van der Waals surface area contributed by atoms with Gasteiger partial charge in [-0.1, -0.05) is 42.5 Å². The summed E-state index contributed by atoms with van der Waals surface area (Å²) < 4.78 is 10.1. The highest BCUT2D eigenvalue weighted by Crippen LogP contribution is 2.24. The first-order valence-corrected chi connectivity index (χ1v) is 7.29. The van der Waals surface area contributed by atoms with E-state index >= 15 is 0 Å². The number of benzene rings is 2. The Labute approximate surface area is 131 Å². The van der Waals surface area contributed by atoms with Crippen molar-refractivity contribution in [1.82, 2.24) is 0 Å². The molecule has 0 atom stereocenters. The molecule has 0 radical (unpaired) electrons. The Balaban J connectivity index is 2.11. The molecule has 0 aliphatic rings. The van der Waals surface area contributed by atoms with Crippen LogP contribution in [0.5, 0.6) is 5.75 Å². The van der Waals surface area contributed by atoms with Crippen LogP contribution in [0.2, 0.25) is 0 Å². The minimum atomic E-state index is -0.300. The number of esters is 1. The Bertz CT molecular complexity index is 659. The van der Waals surface area contributed by atoms with Crippen LogP contribution >= 0.6 is 0 Å². The number of hydrogen-bond acceptors (Lipinski definition) is 3. The second-order valence-electron chi connectivity index (χ2n) is 4.79. The summed E-state index contributed by atoms with van der Waals surface area (Å²) in [5.74, 6) is 0.538. The zero-order chi connectivity index (χ0) is 15.8. The molecular formula is C19H20O3. The molecule has 22 heavy (non-hydrogen) atoms. The molecule has 0 unspecified atom stereocenters. The van der Waals surface area contributed by atoms with Gasteiger partial charge < -0.3 is 9.47 Å². The van der Waals surface area contributed by atoms with Crippen LogP contribution in [0.3, 0.4) is 0 Å². The maximum atomic E-state index is 11.3. The van der Waals surface area contributed by atoms with Gasteiger partial charge in [-0.2, -0.15) is 0 Å². The maximum absolute atomic E-state index is 11.3. The Kier molecular flexibility index (Phi) is 5.78. The van der Waals surface area contributed by atoms with Crippen LogP contribution in [0.25, 0.3) is 11.1 Å². The number of carbonyl (C=O) groups excluding carboxylic acids is 1. The monoisotopic (exact) mass is 296 g/mol. The van der Waals surface area contributed by atoms with E-state index < -0.39 is 0 Å². The largest absolute Gasteiger partial charge is 0.497 e. The summed E-state index contributed by atoms with van der Waals surface area (Å²) in [6.07, 6.45) is 3.99. The van der Waals surface area contributed by atoms with Crippen LogP contribution < -0.4 is 4.74 Å². The Hall–Kier alpha value is -2.55. The minimum Gasteiger partial charge on any atom is -0.497 e. The van der Waals surface area contributed by atoms with Crippen LogP contribution in [-0.2, 0) is 16.0 Å². The lowest BCUT2D eigenvalue weighted by atomic mass is 10.0. The Morgan fingerprint density at radius 1 is 1.09 bits per heavy atom. The van der Waals surface area contributed by atoms with Crippen molar-refractivity contribution < 1.29 is 14.3 Å². The van der Waals surface area contributed by atoms with E-state index in [0.717, 1.165) is 22.4 Å². The van der Waals surface area contributed by atoms with Crippen LogP contribution in [-0.4, -0.2) is 19.7 Å². The van der Waals surface area contributed by atoms with Crippen LogP contribution in [0.15, 0.2) is 60.7 Å². The third kappa shape index (κ3) is 4.48. The maximum Gasteiger partial charge on any atom is 0.330 e. The number of hydrogen-bond donors (Lipinski definition) is 0. The summed E-state index contributed by atoms with van der Waals surface area (Å²) in [7, 11) is 1.66. The topological polar surface area (TPSA) is 35.5 Å². The number of rotatable bonds is 6. The highest BCUT2D eigenvalue weighted by Gasteiger charge is 2.01. The molecule has 0 spiro atoms. The van der Waals surface area contributed by atoms with Gasteiger partial charge >= 0.3 is 5.97 Å². The molecule has 0 aliphatic carbocycles. The molecule has 0 N–H and O–H groups in total. The molecule has 0 saturated heterocycles. The van der Waals surface area contributed by atoms with Gasteiger partial charge in [0.2, 0.25) is 0 Å². The van der Waals surface area contributed by atoms with Crippen LogP contribution in [0.1, 0.15) is 12.5 Å². The first-order chi connectivity index (χ1) is 10.7. The standard InChI is InChI=1S/C19H20O3/c1-3-22-19(20)12-5-8-15-7-4-9-16(13-15)17-10-6-11-18(14-17)21-2/h4-7,9-14H,3,8H2,1-2H3/b12-5+. The Morgan fingerprint density at radius 2 is 1.82 bits per heavy atom. The number of ether oxygens (including phenoxy) is 2. The molecule has 114 valence electrons. The molecule has 0 aromatic heterocycles. The van der Waals surface area contributed by atoms with Crippen molar-refractivity contribution in [3.63, 3.8) is 0 Å². The van der Waals surface area contributed by atoms with Crippen molar-refractivity contribution in [2.24, 2.45) is 0 Å². The average molecular weight is 296 g/mol. The lowest BCUT2D eigenvalue weighted by Gasteiger charge is -2.06. The zero-order valence-electron chi connectivity index (χ0n) is 12.9. The van der Waals surface area contributed by atoms with E-state index in [1.165, 1.54) is 6.08 Å². The summed E-state index contributed by atoms with van der Waals surface area (Å²) in [6.45, 7) is 2.19. The molecule has 0 fully saturated rings. The molecule has 0 bridgehead atoms. The smallest absolute Gasteiger partial charge is 0.330 e. The number of methoxy groups -OCH3 is 1. The van der Waals surface area contributed by atoms with E-state index in [1.54, 1.807) is 14.0 Å². The van der Waals surface area contributed by atoms with Gasteiger partial charge in [0.1, 0.15) is 5.75 Å². The van der Waals surface area contributed by atoms with Crippen LogP contribution in [0.4, 0.5) is 0 Å². The molecule has 2 aromatic carbocycles. The first-order valence-electron chi connectivity index (χ1n) is 7.29. The SMILES string of the molecule is CCOC(=O)/C=C/Cc1cccc(-c2cccc(OC)c2)c1. The van der Waals surface area contributed by atoms with E-state index in [9.17, 15) is 4.79 Å². The predicted octanol–water partition coefficient (Wildman–Crippen LogP) is 4.02. The minimum absolute atomic E-state index is 0.300. The van der Waals surface area contributed by atoms with Gasteiger partial charge in [0.05, 0.1) is 13.7 Å². The summed E-state index contributed by atoms with van der Waals surface area (Å²) >= 11 is 0. The summed E-state index contributed by atoms with van der Waals surface area (Å²) in [6, 6.07) is 16.2. The van der Waals surface area contributed by atoms with Gasteiger partial charge in [0.25, 0.3) is 0 Å². The van der Waals surface area contributed by atoms with Gasteiger partial charge in [-0.05, 0) is 42.2 Å². The van der Waals surface area contributed by atoms with E-state index in [1.807, 2.05) is 36.4 Å². The second kappa shape index (κ2) is 8.03. The lowest BCUT2D eigenvalue weighted by Crippen LogP contribution is -1.99. The van der Waals surface area contributed by atoms with Crippen molar-refractivity contribution in [3.8, 4) is 16.9 Å². The summed E-state index contributed by atoms with van der Waals surface area (Å²) in [5.41, 5.74) is 3.37. The van der Waals surface area contributed by atoms with Crippen molar-refractivity contribution in [1.29, 1.82) is 0 Å². The van der Waals surface area contributed by atoms with Gasteiger partial charge in [0, 0.05) is 6.08 Å². The number of allylic oxidation sites excluding steroid dienone is 1. The van der Waals surface area contributed by atoms with E-state index in [4.69, 9.17) is 9.47 Å². The fraction of sp³-hybridized carbons (Fsp3) is 0.211. The molecular weight excluding hydrogens is 276 g/mol. The fourth-order valence-electron chi connectivity index (χ4n) is 2.16. The highest BCUT2D eigenvalue weighted by atomic mass is 16.5. The third-order valence-corrected chi connectivity index (χ3v) is 3.22. The van der Waals surface area contributed by atoms with Crippen molar-refractivity contribution in [3.05, 3.63) is 66.2 Å². The lowest BCUT2D eigenvalue weighted by molar-refractivity contribution is -0.137. The number of carbonyl (C=O) groups is 1. The molecule has 0 aliphatic heterocycles. The molecule has 0 heterocycles. The fourth-order valence-corrected chi connectivity index (χ4v) is 2.16. The quantitative estimate of drug-likeness (QED) is 0.596. The second-order valence-corrected chi connectivity index (χ2v) is 4.79. The summed E-state index contributed by atoms with van der Waals surface area (Å²) in [4.78, 5) is 11.3. The normalized spacial score (nSPS) is 10.6. The molecule has 0 amide bonds. The highest BCUT2D eigenvalue weighted by molar-refractivity contribution is 5.81. The predicted molar refractivity (Wildman–Crippen MR) is 87.9 cm³/mol. The van der Waals surface area contributed by atoms with E-state index in [2.05, 4.69) is 18.2 Å². The van der Waals surface area contributed by atoms with Crippen molar-refractivity contribution in [2.45, 2.75) is 13.3 Å². The molecule has 0 saturated carbocycles. The summed E-state index contributed by atoms with van der Waals surface area (Å²) in [5, 5.41) is 0. The van der Waals surface area contributed by atoms with E-state index in [-0.39, 0.29) is 5.97 Å². The molecule has 3 nitrogen and oxygen atoms in total. The molecule has 2 rings (SSSR count). The van der Waals surface area contributed by atoms with Crippen LogP contribution in [0, 0.1) is 0 Å². The zero-order valence-corrected chi connectivity index (χ0v) is 12.9. The van der Waals surface area contributed by atoms with Gasteiger partial charge in [-0.25, -0.2) is 4.79 Å². The van der Waals surface area contributed by atoms with Gasteiger partial charge in [-0.3, -0.25) is 0 Å². The van der Waals surface area contributed by atoms with Gasteiger partial charge in [-0.15, -0.1) is 0 Å². The Morgan fingerprint density at radius 3 is 2.55 bits per heavy atom. The average Bonchev–Trinajstić information content (AvgIpc) is 2.55. The van der Waals surface area contributed by atoms with E-state index in [0.29, 0.717) is 13.0 Å². The van der Waals surface area contributed by atoms with Crippen molar-refractivity contribution in [2.75, 3.05) is 13.7 Å². The third-order valence-electron chi connectivity index (χ3n) is 3.22. The molecule has 2 aromatic rings. The van der Waals surface area contributed by atoms with Crippen molar-refractivity contribution >= 4 is 5.97 Å². The first kappa shape index (κ1) is 15.8. The van der Waals surface area contributed by atoms with Gasteiger partial charge in [0.15, 0.2) is 0 Å².